The van der Waals surface area contributed by atoms with Crippen molar-refractivity contribution in [3.63, 3.8) is 0 Å². The summed E-state index contributed by atoms with van der Waals surface area (Å²) in [5.41, 5.74) is 11.4. The third kappa shape index (κ3) is 2.67. The topological polar surface area (TPSA) is 52.0 Å². The Morgan fingerprint density at radius 2 is 1.80 bits per heavy atom. The molecule has 0 aliphatic carbocycles. The van der Waals surface area contributed by atoms with Gasteiger partial charge in [-0.15, -0.1) is 0 Å². The van der Waals surface area contributed by atoms with E-state index in [4.69, 9.17) is 11.5 Å². The van der Waals surface area contributed by atoms with Gasteiger partial charge in [-0.1, -0.05) is 27.2 Å². The van der Waals surface area contributed by atoms with E-state index in [2.05, 4.69) is 20.8 Å². The van der Waals surface area contributed by atoms with Gasteiger partial charge in [-0.3, -0.25) is 0 Å². The van der Waals surface area contributed by atoms with Crippen molar-refractivity contribution in [3.8, 4) is 0 Å². The zero-order valence-electron chi connectivity index (χ0n) is 7.30. The van der Waals surface area contributed by atoms with Gasteiger partial charge in [0.1, 0.15) is 0 Å². The lowest BCUT2D eigenvalue weighted by atomic mass is 9.89. The first-order valence-electron chi connectivity index (χ1n) is 4.09. The molecule has 10 heavy (non-hydrogen) atoms. The first-order valence-corrected chi connectivity index (χ1v) is 4.09. The zero-order chi connectivity index (χ0) is 8.15. The van der Waals surface area contributed by atoms with E-state index >= 15 is 0 Å². The largest absolute Gasteiger partial charge is 0.330 e. The Bertz CT molecular complexity index is 77.3. The third-order valence-electron chi connectivity index (χ3n) is 2.14. The van der Waals surface area contributed by atoms with Crippen LogP contribution < -0.4 is 11.5 Å². The van der Waals surface area contributed by atoms with Gasteiger partial charge in [-0.25, -0.2) is 0 Å². The Morgan fingerprint density at radius 1 is 1.30 bits per heavy atom. The lowest BCUT2D eigenvalue weighted by Crippen LogP contribution is -2.38. The minimum Gasteiger partial charge on any atom is -0.330 e. The van der Waals surface area contributed by atoms with E-state index in [1.54, 1.807) is 0 Å². The lowest BCUT2D eigenvalue weighted by molar-refractivity contribution is 0.339. The molecule has 0 spiro atoms. The maximum absolute atomic E-state index is 5.90. The normalized spacial score (nSPS) is 17.4. The molecule has 0 aliphatic rings. The molecule has 62 valence electrons. The second-order valence-corrected chi connectivity index (χ2v) is 3.23. The van der Waals surface area contributed by atoms with E-state index in [0.29, 0.717) is 11.8 Å². The van der Waals surface area contributed by atoms with Crippen molar-refractivity contribution in [1.29, 1.82) is 0 Å². The Balaban J connectivity index is 3.76. The third-order valence-corrected chi connectivity index (χ3v) is 2.14. The zero-order valence-corrected chi connectivity index (χ0v) is 7.30. The molecule has 0 rings (SSSR count). The highest BCUT2D eigenvalue weighted by Crippen LogP contribution is 2.12. The summed E-state index contributed by atoms with van der Waals surface area (Å²) in [4.78, 5) is 0. The van der Waals surface area contributed by atoms with Crippen LogP contribution in [-0.4, -0.2) is 12.6 Å². The predicted molar refractivity (Wildman–Crippen MR) is 45.6 cm³/mol. The lowest BCUT2D eigenvalue weighted by Gasteiger charge is -2.24. The van der Waals surface area contributed by atoms with E-state index in [9.17, 15) is 0 Å². The van der Waals surface area contributed by atoms with Gasteiger partial charge in [0.05, 0.1) is 0 Å². The molecule has 0 heterocycles. The highest BCUT2D eigenvalue weighted by atomic mass is 14.7. The molecule has 0 saturated heterocycles. The summed E-state index contributed by atoms with van der Waals surface area (Å²) in [5.74, 6) is 1.05. The van der Waals surface area contributed by atoms with Crippen LogP contribution in [0, 0.1) is 11.8 Å². The molecule has 2 unspecified atom stereocenters. The quantitative estimate of drug-likeness (QED) is 0.617. The van der Waals surface area contributed by atoms with Gasteiger partial charge in [-0.05, 0) is 18.4 Å². The van der Waals surface area contributed by atoms with Crippen LogP contribution in [0.1, 0.15) is 27.2 Å². The average Bonchev–Trinajstić information content (AvgIpc) is 1.90. The first-order chi connectivity index (χ1) is 4.63. The molecule has 2 nitrogen and oxygen atoms in total. The molecular weight excluding hydrogens is 124 g/mol. The fourth-order valence-electron chi connectivity index (χ4n) is 1.14. The second kappa shape index (κ2) is 4.69. The highest BCUT2D eigenvalue weighted by Gasteiger charge is 2.16. The standard InChI is InChI=1S/C8H20N2/c1-4-7(5-9)8(10)6(2)3/h6-8H,4-5,9-10H2,1-3H3. The van der Waals surface area contributed by atoms with Gasteiger partial charge in [-0.2, -0.15) is 0 Å². The summed E-state index contributed by atoms with van der Waals surface area (Å²) < 4.78 is 0. The summed E-state index contributed by atoms with van der Waals surface area (Å²) in [6, 6.07) is 0.273. The number of nitrogens with two attached hydrogens (primary N) is 2. The monoisotopic (exact) mass is 144 g/mol. The van der Waals surface area contributed by atoms with Crippen LogP contribution in [-0.2, 0) is 0 Å². The Kier molecular flexibility index (Phi) is 4.65. The molecule has 0 bridgehead atoms. The molecule has 0 aromatic heterocycles. The summed E-state index contributed by atoms with van der Waals surface area (Å²) in [7, 11) is 0. The molecule has 0 saturated carbocycles. The Hall–Kier alpha value is -0.0800. The minimum atomic E-state index is 0.273. The van der Waals surface area contributed by atoms with Crippen LogP contribution in [0.25, 0.3) is 0 Å². The number of hydrogen-bond donors (Lipinski definition) is 2. The number of rotatable bonds is 4. The van der Waals surface area contributed by atoms with Crippen molar-refractivity contribution < 1.29 is 0 Å². The molecule has 2 atom stereocenters. The summed E-state index contributed by atoms with van der Waals surface area (Å²) in [6.07, 6.45) is 1.09. The molecule has 0 fully saturated rings. The van der Waals surface area contributed by atoms with Crippen LogP contribution in [0.5, 0.6) is 0 Å². The van der Waals surface area contributed by atoms with Crippen molar-refractivity contribution in [3.05, 3.63) is 0 Å². The average molecular weight is 144 g/mol. The van der Waals surface area contributed by atoms with E-state index in [0.717, 1.165) is 13.0 Å². The second-order valence-electron chi connectivity index (χ2n) is 3.23. The minimum absolute atomic E-state index is 0.273. The molecule has 2 heteroatoms. The molecule has 0 aromatic rings. The molecular formula is C8H20N2. The highest BCUT2D eigenvalue weighted by molar-refractivity contribution is 4.74. The molecule has 0 radical (unpaired) electrons. The maximum atomic E-state index is 5.90. The van der Waals surface area contributed by atoms with Gasteiger partial charge in [0.2, 0.25) is 0 Å². The predicted octanol–water partition coefficient (Wildman–Crippen LogP) is 0.955. The van der Waals surface area contributed by atoms with Gasteiger partial charge in [0.15, 0.2) is 0 Å². The van der Waals surface area contributed by atoms with Crippen LogP contribution in [0.2, 0.25) is 0 Å². The smallest absolute Gasteiger partial charge is 0.0102 e. The van der Waals surface area contributed by atoms with E-state index in [1.807, 2.05) is 0 Å². The fourth-order valence-corrected chi connectivity index (χ4v) is 1.14. The SMILES string of the molecule is CCC(CN)C(N)C(C)C. The first kappa shape index (κ1) is 9.92. The van der Waals surface area contributed by atoms with E-state index in [1.165, 1.54) is 0 Å². The van der Waals surface area contributed by atoms with Crippen molar-refractivity contribution in [1.82, 2.24) is 0 Å². The van der Waals surface area contributed by atoms with E-state index < -0.39 is 0 Å². The molecule has 0 aliphatic heterocycles. The summed E-state index contributed by atoms with van der Waals surface area (Å²) in [6.45, 7) is 7.14. The van der Waals surface area contributed by atoms with Crippen LogP contribution >= 0.6 is 0 Å². The van der Waals surface area contributed by atoms with Crippen LogP contribution in [0.4, 0.5) is 0 Å². The van der Waals surface area contributed by atoms with Crippen molar-refractivity contribution >= 4 is 0 Å². The van der Waals surface area contributed by atoms with Crippen molar-refractivity contribution in [2.24, 2.45) is 23.3 Å². The molecule has 0 amide bonds. The van der Waals surface area contributed by atoms with Gasteiger partial charge in [0.25, 0.3) is 0 Å². The summed E-state index contributed by atoms with van der Waals surface area (Å²) >= 11 is 0. The van der Waals surface area contributed by atoms with Crippen LogP contribution in [0.15, 0.2) is 0 Å². The van der Waals surface area contributed by atoms with Crippen molar-refractivity contribution in [2.45, 2.75) is 33.2 Å². The number of hydrogen-bond acceptors (Lipinski definition) is 2. The molecule has 4 N–H and O–H groups in total. The maximum Gasteiger partial charge on any atom is 0.0102 e. The Morgan fingerprint density at radius 3 is 1.90 bits per heavy atom. The summed E-state index contributed by atoms with van der Waals surface area (Å²) in [5, 5.41) is 0. The van der Waals surface area contributed by atoms with Crippen molar-refractivity contribution in [2.75, 3.05) is 6.54 Å². The Labute approximate surface area is 64.0 Å². The van der Waals surface area contributed by atoms with Crippen LogP contribution in [0.3, 0.4) is 0 Å². The van der Waals surface area contributed by atoms with Gasteiger partial charge in [0, 0.05) is 6.04 Å². The molecule has 0 aromatic carbocycles. The van der Waals surface area contributed by atoms with Gasteiger partial charge >= 0.3 is 0 Å². The fraction of sp³-hybridized carbons (Fsp3) is 1.00. The van der Waals surface area contributed by atoms with E-state index in [-0.39, 0.29) is 6.04 Å². The van der Waals surface area contributed by atoms with Gasteiger partial charge < -0.3 is 11.5 Å².